The highest BCUT2D eigenvalue weighted by molar-refractivity contribution is 7.79. The van der Waals surface area contributed by atoms with Crippen LogP contribution in [0.5, 0.6) is 0 Å². The van der Waals surface area contributed by atoms with Crippen molar-refractivity contribution >= 4 is 16.9 Å². The SMILES string of the molecule is CC(=O)C(C)(C)CS(=O)O. The lowest BCUT2D eigenvalue weighted by molar-refractivity contribution is -0.123. The van der Waals surface area contributed by atoms with Gasteiger partial charge in [-0.2, -0.15) is 0 Å². The summed E-state index contributed by atoms with van der Waals surface area (Å²) in [6, 6.07) is 0. The van der Waals surface area contributed by atoms with Gasteiger partial charge in [0, 0.05) is 5.41 Å². The predicted octanol–water partition coefficient (Wildman–Crippen LogP) is 0.823. The van der Waals surface area contributed by atoms with Gasteiger partial charge in [-0.25, -0.2) is 4.21 Å². The summed E-state index contributed by atoms with van der Waals surface area (Å²) >= 11 is -1.88. The first-order chi connectivity index (χ1) is 4.36. The molecule has 0 spiro atoms. The summed E-state index contributed by atoms with van der Waals surface area (Å²) in [5, 5.41) is 0. The highest BCUT2D eigenvalue weighted by atomic mass is 32.2. The largest absolute Gasteiger partial charge is 0.306 e. The van der Waals surface area contributed by atoms with Crippen molar-refractivity contribution in [3.63, 3.8) is 0 Å². The van der Waals surface area contributed by atoms with Crippen molar-refractivity contribution in [3.05, 3.63) is 0 Å². The van der Waals surface area contributed by atoms with Crippen LogP contribution < -0.4 is 0 Å². The van der Waals surface area contributed by atoms with Crippen LogP contribution in [-0.2, 0) is 15.9 Å². The summed E-state index contributed by atoms with van der Waals surface area (Å²) < 4.78 is 18.7. The quantitative estimate of drug-likeness (QED) is 0.628. The van der Waals surface area contributed by atoms with Gasteiger partial charge < -0.3 is 4.55 Å². The third-order valence-electron chi connectivity index (χ3n) is 1.44. The second-order valence-corrected chi connectivity index (χ2v) is 3.84. The predicted molar refractivity (Wildman–Crippen MR) is 40.1 cm³/mol. The summed E-state index contributed by atoms with van der Waals surface area (Å²) in [4.78, 5) is 10.8. The average molecular weight is 164 g/mol. The minimum Gasteiger partial charge on any atom is -0.306 e. The molecule has 4 heteroatoms. The van der Waals surface area contributed by atoms with Gasteiger partial charge in [-0.05, 0) is 6.92 Å². The fourth-order valence-electron chi connectivity index (χ4n) is 0.410. The lowest BCUT2D eigenvalue weighted by Gasteiger charge is -2.17. The van der Waals surface area contributed by atoms with E-state index in [4.69, 9.17) is 4.55 Å². The van der Waals surface area contributed by atoms with Gasteiger partial charge in [0.05, 0.1) is 5.75 Å². The van der Waals surface area contributed by atoms with E-state index in [0.29, 0.717) is 0 Å². The molecule has 0 fully saturated rings. The van der Waals surface area contributed by atoms with E-state index in [1.165, 1.54) is 6.92 Å². The third-order valence-corrected chi connectivity index (χ3v) is 2.41. The molecule has 1 unspecified atom stereocenters. The fraction of sp³-hybridized carbons (Fsp3) is 0.833. The molecule has 0 aromatic heterocycles. The van der Waals surface area contributed by atoms with Gasteiger partial charge in [-0.15, -0.1) is 0 Å². The number of carbonyl (C=O) groups is 1. The van der Waals surface area contributed by atoms with Gasteiger partial charge >= 0.3 is 0 Å². The van der Waals surface area contributed by atoms with Crippen LogP contribution in [0.1, 0.15) is 20.8 Å². The number of hydrogen-bond acceptors (Lipinski definition) is 2. The Hall–Kier alpha value is -0.220. The van der Waals surface area contributed by atoms with E-state index >= 15 is 0 Å². The maximum absolute atomic E-state index is 10.8. The number of rotatable bonds is 3. The number of Topliss-reactive ketones (excluding diaryl/α,β-unsaturated/α-hetero) is 1. The van der Waals surface area contributed by atoms with E-state index in [9.17, 15) is 9.00 Å². The zero-order chi connectivity index (χ0) is 8.36. The third kappa shape index (κ3) is 3.08. The Bertz CT molecular complexity index is 162. The maximum Gasteiger partial charge on any atom is 0.153 e. The molecule has 0 heterocycles. The molecule has 0 aliphatic rings. The average Bonchev–Trinajstić information content (AvgIpc) is 1.60. The second kappa shape index (κ2) is 3.25. The Labute approximate surface area is 63.1 Å². The van der Waals surface area contributed by atoms with Crippen LogP contribution in [0.4, 0.5) is 0 Å². The van der Waals surface area contributed by atoms with E-state index in [1.54, 1.807) is 13.8 Å². The van der Waals surface area contributed by atoms with E-state index in [-0.39, 0.29) is 11.5 Å². The summed E-state index contributed by atoms with van der Waals surface area (Å²) in [5.74, 6) is -0.0441. The minimum absolute atomic E-state index is 0.0162. The zero-order valence-electron chi connectivity index (χ0n) is 6.38. The summed E-state index contributed by atoms with van der Waals surface area (Å²) in [7, 11) is 0. The smallest absolute Gasteiger partial charge is 0.153 e. The summed E-state index contributed by atoms with van der Waals surface area (Å²) in [6.45, 7) is 4.74. The maximum atomic E-state index is 10.8. The summed E-state index contributed by atoms with van der Waals surface area (Å²) in [6.07, 6.45) is 0. The van der Waals surface area contributed by atoms with Gasteiger partial charge in [0.25, 0.3) is 0 Å². The van der Waals surface area contributed by atoms with E-state index < -0.39 is 16.5 Å². The first kappa shape index (κ1) is 9.78. The molecule has 0 radical (unpaired) electrons. The Kier molecular flexibility index (Phi) is 3.18. The molecule has 0 rings (SSSR count). The van der Waals surface area contributed by atoms with Crippen molar-refractivity contribution in [1.29, 1.82) is 0 Å². The highest BCUT2D eigenvalue weighted by Crippen LogP contribution is 2.16. The molecule has 0 aromatic carbocycles. The molecule has 1 atom stereocenters. The van der Waals surface area contributed by atoms with Crippen LogP contribution in [0.3, 0.4) is 0 Å². The number of carbonyl (C=O) groups excluding carboxylic acids is 1. The molecule has 1 N–H and O–H groups in total. The Morgan fingerprint density at radius 3 is 2.10 bits per heavy atom. The zero-order valence-corrected chi connectivity index (χ0v) is 7.20. The van der Waals surface area contributed by atoms with Crippen LogP contribution in [-0.4, -0.2) is 20.3 Å². The molecule has 0 aromatic rings. The van der Waals surface area contributed by atoms with Gasteiger partial charge in [-0.3, -0.25) is 4.79 Å². The van der Waals surface area contributed by atoms with Crippen LogP contribution >= 0.6 is 0 Å². The molecule has 3 nitrogen and oxygen atoms in total. The normalized spacial score (nSPS) is 14.8. The van der Waals surface area contributed by atoms with Crippen LogP contribution in [0, 0.1) is 5.41 Å². The molecule has 0 amide bonds. The van der Waals surface area contributed by atoms with E-state index in [2.05, 4.69) is 0 Å². The lowest BCUT2D eigenvalue weighted by Crippen LogP contribution is -2.27. The van der Waals surface area contributed by atoms with E-state index in [0.717, 1.165) is 0 Å². The molecule has 0 bridgehead atoms. The molecular formula is C6H12O3S. The molecule has 0 aliphatic heterocycles. The van der Waals surface area contributed by atoms with Gasteiger partial charge in [0.15, 0.2) is 11.1 Å². The number of hydrogen-bond donors (Lipinski definition) is 1. The monoisotopic (exact) mass is 164 g/mol. The Morgan fingerprint density at radius 1 is 1.60 bits per heavy atom. The van der Waals surface area contributed by atoms with Crippen LogP contribution in [0.2, 0.25) is 0 Å². The minimum atomic E-state index is -1.88. The van der Waals surface area contributed by atoms with E-state index in [1.807, 2.05) is 0 Å². The first-order valence-corrected chi connectivity index (χ1v) is 4.22. The van der Waals surface area contributed by atoms with Crippen molar-refractivity contribution < 1.29 is 13.6 Å². The van der Waals surface area contributed by atoms with Crippen molar-refractivity contribution in [3.8, 4) is 0 Å². The van der Waals surface area contributed by atoms with Crippen molar-refractivity contribution in [2.45, 2.75) is 20.8 Å². The van der Waals surface area contributed by atoms with Gasteiger partial charge in [-0.1, -0.05) is 13.8 Å². The molecule has 60 valence electrons. The van der Waals surface area contributed by atoms with Crippen LogP contribution in [0.15, 0.2) is 0 Å². The number of ketones is 1. The van der Waals surface area contributed by atoms with Gasteiger partial charge in [0.1, 0.15) is 5.78 Å². The topological polar surface area (TPSA) is 54.4 Å². The Morgan fingerprint density at radius 2 is 2.00 bits per heavy atom. The molecule has 0 aliphatic carbocycles. The fourth-order valence-corrected chi connectivity index (χ4v) is 1.23. The molecule has 10 heavy (non-hydrogen) atoms. The lowest BCUT2D eigenvalue weighted by atomic mass is 9.92. The van der Waals surface area contributed by atoms with Crippen molar-refractivity contribution in [2.24, 2.45) is 5.41 Å². The standard InChI is InChI=1S/C6H12O3S/c1-5(7)6(2,3)4-10(8)9/h4H2,1-3H3,(H,8,9). The molecule has 0 saturated heterocycles. The van der Waals surface area contributed by atoms with Crippen LogP contribution in [0.25, 0.3) is 0 Å². The van der Waals surface area contributed by atoms with Crippen molar-refractivity contribution in [2.75, 3.05) is 5.75 Å². The summed E-state index contributed by atoms with van der Waals surface area (Å²) in [5.41, 5.74) is -0.667. The van der Waals surface area contributed by atoms with Gasteiger partial charge in [0.2, 0.25) is 0 Å². The molecular weight excluding hydrogens is 152 g/mol. The first-order valence-electron chi connectivity index (χ1n) is 2.95. The highest BCUT2D eigenvalue weighted by Gasteiger charge is 2.25. The Balaban J connectivity index is 4.13. The molecule has 0 saturated carbocycles. The van der Waals surface area contributed by atoms with Crippen molar-refractivity contribution in [1.82, 2.24) is 0 Å². The second-order valence-electron chi connectivity index (χ2n) is 2.91.